The summed E-state index contributed by atoms with van der Waals surface area (Å²) in [5.41, 5.74) is 7.15. The van der Waals surface area contributed by atoms with Crippen molar-refractivity contribution < 1.29 is 12.0 Å². The molecule has 0 saturated heterocycles. The summed E-state index contributed by atoms with van der Waals surface area (Å²) < 4.78 is 0. The van der Waals surface area contributed by atoms with Crippen molar-refractivity contribution in [2.45, 2.75) is 33.1 Å². The van der Waals surface area contributed by atoms with Crippen molar-refractivity contribution in [3.63, 3.8) is 0 Å². The summed E-state index contributed by atoms with van der Waals surface area (Å²) in [7, 11) is 0. The topological polar surface area (TPSA) is 51.7 Å². The van der Waals surface area contributed by atoms with Gasteiger partial charge < -0.3 is 10.6 Å². The quantitative estimate of drug-likeness (QED) is 0.875. The Bertz CT molecular complexity index is 775. The molecule has 0 spiro atoms. The zero-order valence-corrected chi connectivity index (χ0v) is 13.9. The van der Waals surface area contributed by atoms with E-state index in [-0.39, 0.29) is 6.90 Å². The molecule has 1 aliphatic rings. The minimum Gasteiger partial charge on any atom is -0.507 e. The second kappa shape index (κ2) is 6.84. The van der Waals surface area contributed by atoms with Crippen LogP contribution < -0.4 is 0 Å². The Morgan fingerprint density at radius 1 is 1.04 bits per heavy atom. The number of phenolic OH excluding ortho intramolecular Hbond substituents is 1. The van der Waals surface area contributed by atoms with Gasteiger partial charge in [0, 0.05) is 12.9 Å². The number of hydrogen-bond donors (Lipinski definition) is 1. The Balaban J connectivity index is 0.00000144. The first-order valence-corrected chi connectivity index (χ1v) is 7.88. The van der Waals surface area contributed by atoms with Crippen LogP contribution in [0, 0.1) is 13.8 Å². The molecule has 0 aromatic heterocycles. The van der Waals surface area contributed by atoms with Crippen LogP contribution in [0.5, 0.6) is 5.75 Å². The Labute approximate surface area is 139 Å². The number of benzene rings is 2. The first kappa shape index (κ1) is 17.0. The maximum Gasteiger partial charge on any atom is 0.123 e. The Kier molecular flexibility index (Phi) is 5.07. The van der Waals surface area contributed by atoms with Gasteiger partial charge in [-0.15, -0.1) is 0 Å². The average molecular weight is 310 g/mol. The molecule has 122 valence electrons. The van der Waals surface area contributed by atoms with Crippen molar-refractivity contribution in [3.05, 3.63) is 82.4 Å². The molecule has 0 bridgehead atoms. The first-order valence-electron chi connectivity index (χ1n) is 7.88. The monoisotopic (exact) mass is 310 g/mol. The highest BCUT2D eigenvalue weighted by Gasteiger charge is 2.17. The Morgan fingerprint density at radius 2 is 1.74 bits per heavy atom. The lowest BCUT2D eigenvalue weighted by Crippen LogP contribution is -1.97. The number of phenols is 1. The first-order chi connectivity index (χ1) is 10.6. The number of allylic oxidation sites excluding steroid dienone is 4. The van der Waals surface area contributed by atoms with Gasteiger partial charge in [0.15, 0.2) is 0 Å². The van der Waals surface area contributed by atoms with Gasteiger partial charge in [0.25, 0.3) is 0 Å². The molecule has 2 heteroatoms. The van der Waals surface area contributed by atoms with Crippen molar-refractivity contribution in [2.75, 3.05) is 0 Å². The third-order valence-corrected chi connectivity index (χ3v) is 4.35. The molecule has 0 amide bonds. The van der Waals surface area contributed by atoms with Gasteiger partial charge in [-0.3, -0.25) is 0 Å². The molecule has 1 unspecified atom stereocenters. The molecule has 2 aromatic rings. The SMILES string of the molecule is CCc1ccc(C)cc1C1C=CC(c2ccc(C)cc2O)=C1.O.[HH]. The lowest BCUT2D eigenvalue weighted by atomic mass is 9.92. The molecular weight excluding hydrogens is 284 g/mol. The average Bonchev–Trinajstić information content (AvgIpc) is 2.96. The smallest absolute Gasteiger partial charge is 0.123 e. The van der Waals surface area contributed by atoms with Gasteiger partial charge in [0.1, 0.15) is 5.75 Å². The Hall–Kier alpha value is -2.32. The van der Waals surface area contributed by atoms with E-state index in [0.29, 0.717) is 11.7 Å². The normalized spacial score (nSPS) is 16.1. The third-order valence-electron chi connectivity index (χ3n) is 4.35. The van der Waals surface area contributed by atoms with Gasteiger partial charge >= 0.3 is 0 Å². The van der Waals surface area contributed by atoms with E-state index in [2.05, 4.69) is 50.3 Å². The van der Waals surface area contributed by atoms with Crippen LogP contribution in [0.2, 0.25) is 0 Å². The highest BCUT2D eigenvalue weighted by molar-refractivity contribution is 5.81. The zero-order valence-electron chi connectivity index (χ0n) is 13.9. The van der Waals surface area contributed by atoms with Crippen LogP contribution in [-0.2, 0) is 6.42 Å². The molecule has 2 nitrogen and oxygen atoms in total. The van der Waals surface area contributed by atoms with Crippen molar-refractivity contribution in [1.29, 1.82) is 0 Å². The minimum absolute atomic E-state index is 0. The highest BCUT2D eigenvalue weighted by Crippen LogP contribution is 2.36. The van der Waals surface area contributed by atoms with Crippen LogP contribution in [-0.4, -0.2) is 10.6 Å². The van der Waals surface area contributed by atoms with E-state index in [1.54, 1.807) is 0 Å². The molecule has 3 rings (SSSR count). The summed E-state index contributed by atoms with van der Waals surface area (Å²) in [6.07, 6.45) is 7.64. The second-order valence-electron chi connectivity index (χ2n) is 6.08. The predicted molar refractivity (Wildman–Crippen MR) is 99.0 cm³/mol. The van der Waals surface area contributed by atoms with Crippen LogP contribution in [0.25, 0.3) is 5.57 Å². The summed E-state index contributed by atoms with van der Waals surface area (Å²) in [5.74, 6) is 0.655. The van der Waals surface area contributed by atoms with Gasteiger partial charge in [0.2, 0.25) is 0 Å². The molecule has 0 fully saturated rings. The van der Waals surface area contributed by atoms with Gasteiger partial charge in [0.05, 0.1) is 0 Å². The number of rotatable bonds is 3. The summed E-state index contributed by atoms with van der Waals surface area (Å²) in [6.45, 7) is 6.33. The van der Waals surface area contributed by atoms with Crippen LogP contribution in [0.3, 0.4) is 0 Å². The number of aromatic hydroxyl groups is 1. The summed E-state index contributed by atoms with van der Waals surface area (Å²) in [5, 5.41) is 10.2. The van der Waals surface area contributed by atoms with Crippen molar-refractivity contribution in [1.82, 2.24) is 0 Å². The third kappa shape index (κ3) is 3.38. The fraction of sp³-hybridized carbons (Fsp3) is 0.238. The standard InChI is InChI=1S/C21H22O.H2O.H2/c1-4-16-7-5-14(2)11-20(16)18-9-8-17(13-18)19-10-6-15(3)12-21(19)22;;/h5-13,18,22H,4H2,1-3H3;1H2;1H. The van der Waals surface area contributed by atoms with Crippen molar-refractivity contribution >= 4 is 5.57 Å². The van der Waals surface area contributed by atoms with E-state index in [4.69, 9.17) is 0 Å². The largest absolute Gasteiger partial charge is 0.507 e. The van der Waals surface area contributed by atoms with Gasteiger partial charge in [-0.1, -0.05) is 61.0 Å². The molecule has 1 atom stereocenters. The second-order valence-corrected chi connectivity index (χ2v) is 6.08. The zero-order chi connectivity index (χ0) is 15.7. The Morgan fingerprint density at radius 3 is 2.43 bits per heavy atom. The van der Waals surface area contributed by atoms with E-state index in [0.717, 1.165) is 23.1 Å². The summed E-state index contributed by atoms with van der Waals surface area (Å²) >= 11 is 0. The fourth-order valence-corrected chi connectivity index (χ4v) is 3.12. The lowest BCUT2D eigenvalue weighted by Gasteiger charge is -2.13. The van der Waals surface area contributed by atoms with Crippen molar-refractivity contribution in [2.24, 2.45) is 0 Å². The van der Waals surface area contributed by atoms with Gasteiger partial charge in [-0.25, -0.2) is 0 Å². The number of hydrogen-bond acceptors (Lipinski definition) is 1. The highest BCUT2D eigenvalue weighted by atomic mass is 16.3. The fourth-order valence-electron chi connectivity index (χ4n) is 3.12. The van der Waals surface area contributed by atoms with Crippen molar-refractivity contribution in [3.8, 4) is 5.75 Å². The van der Waals surface area contributed by atoms with Crippen LogP contribution in [0.4, 0.5) is 0 Å². The predicted octanol–water partition coefficient (Wildman–Crippen LogP) is 4.73. The molecule has 0 radical (unpaired) electrons. The molecule has 23 heavy (non-hydrogen) atoms. The van der Waals surface area contributed by atoms with Crippen LogP contribution >= 0.6 is 0 Å². The van der Waals surface area contributed by atoms with E-state index < -0.39 is 0 Å². The van der Waals surface area contributed by atoms with E-state index in [1.165, 1.54) is 16.7 Å². The molecule has 0 saturated carbocycles. The molecule has 3 N–H and O–H groups in total. The molecule has 0 heterocycles. The minimum atomic E-state index is 0. The molecule has 1 aliphatic carbocycles. The van der Waals surface area contributed by atoms with E-state index >= 15 is 0 Å². The summed E-state index contributed by atoms with van der Waals surface area (Å²) in [4.78, 5) is 0. The van der Waals surface area contributed by atoms with E-state index in [1.807, 2.05) is 25.1 Å². The lowest BCUT2D eigenvalue weighted by molar-refractivity contribution is 0.473. The van der Waals surface area contributed by atoms with E-state index in [9.17, 15) is 5.11 Å². The maximum atomic E-state index is 10.2. The summed E-state index contributed by atoms with van der Waals surface area (Å²) in [6, 6.07) is 12.6. The molecular formula is C21H26O2. The van der Waals surface area contributed by atoms with Crippen LogP contribution in [0.1, 0.15) is 42.1 Å². The van der Waals surface area contributed by atoms with Gasteiger partial charge in [-0.05, 0) is 48.6 Å². The number of aryl methyl sites for hydroxylation is 3. The van der Waals surface area contributed by atoms with Gasteiger partial charge in [-0.2, -0.15) is 0 Å². The molecule has 2 aromatic carbocycles. The maximum absolute atomic E-state index is 10.2. The van der Waals surface area contributed by atoms with Crippen LogP contribution in [0.15, 0.2) is 54.6 Å². The molecule has 0 aliphatic heterocycles.